The first-order valence-electron chi connectivity index (χ1n) is 7.98. The lowest BCUT2D eigenvalue weighted by molar-refractivity contribution is 0.0930. The zero-order valence-corrected chi connectivity index (χ0v) is 13.6. The predicted molar refractivity (Wildman–Crippen MR) is 88.0 cm³/mol. The highest BCUT2D eigenvalue weighted by atomic mass is 16.5. The van der Waals surface area contributed by atoms with Crippen LogP contribution in [-0.4, -0.2) is 49.9 Å². The minimum atomic E-state index is -0.163. The van der Waals surface area contributed by atoms with Crippen LogP contribution >= 0.6 is 0 Å². The van der Waals surface area contributed by atoms with Crippen LogP contribution in [0, 0.1) is 0 Å². The van der Waals surface area contributed by atoms with Crippen LogP contribution in [0.15, 0.2) is 24.4 Å². The number of aryl methyl sites for hydroxylation is 1. The molecule has 3 aromatic rings. The second-order valence-electron chi connectivity index (χ2n) is 5.94. The number of amides is 1. The van der Waals surface area contributed by atoms with Crippen molar-refractivity contribution in [3.63, 3.8) is 0 Å². The second-order valence-corrected chi connectivity index (χ2v) is 5.94. The zero-order valence-electron chi connectivity index (χ0n) is 13.6. The Morgan fingerprint density at radius 1 is 1.40 bits per heavy atom. The van der Waals surface area contributed by atoms with Crippen molar-refractivity contribution in [3.05, 3.63) is 41.2 Å². The van der Waals surface area contributed by atoms with Gasteiger partial charge in [0, 0.05) is 23.7 Å². The summed E-state index contributed by atoms with van der Waals surface area (Å²) in [5.74, 6) is 0.756. The predicted octanol–water partition coefficient (Wildman–Crippen LogP) is 0.886. The molecule has 1 aliphatic rings. The van der Waals surface area contributed by atoms with E-state index in [2.05, 4.69) is 36.1 Å². The van der Waals surface area contributed by atoms with Crippen LogP contribution < -0.4 is 10.1 Å². The maximum Gasteiger partial charge on any atom is 0.255 e. The third-order valence-electron chi connectivity index (χ3n) is 4.41. The number of benzene rings is 1. The van der Waals surface area contributed by atoms with Gasteiger partial charge in [0.2, 0.25) is 5.82 Å². The van der Waals surface area contributed by atoms with Crippen molar-refractivity contribution in [3.8, 4) is 17.1 Å². The molecule has 0 fully saturated rings. The monoisotopic (exact) mass is 339 g/mol. The molecule has 2 aromatic heterocycles. The fourth-order valence-corrected chi connectivity index (χ4v) is 3.10. The molecule has 0 radical (unpaired) electrons. The van der Waals surface area contributed by atoms with Crippen molar-refractivity contribution in [2.45, 2.75) is 25.3 Å². The van der Waals surface area contributed by atoms with E-state index in [0.29, 0.717) is 17.1 Å². The second kappa shape index (κ2) is 6.34. The number of carbonyl (C=O) groups is 1. The minimum Gasteiger partial charge on any atom is -0.496 e. The Hall–Kier alpha value is -3.23. The highest BCUT2D eigenvalue weighted by Gasteiger charge is 2.23. The maximum atomic E-state index is 12.7. The molecule has 0 bridgehead atoms. The molecular weight excluding hydrogens is 322 g/mol. The minimum absolute atomic E-state index is 0.0713. The molecule has 0 saturated carbocycles. The number of H-pyrrole nitrogens is 2. The molecule has 0 spiro atoms. The van der Waals surface area contributed by atoms with Gasteiger partial charge in [0.25, 0.3) is 5.91 Å². The van der Waals surface area contributed by atoms with Crippen molar-refractivity contribution in [1.82, 2.24) is 36.1 Å². The lowest BCUT2D eigenvalue weighted by Gasteiger charge is -2.23. The van der Waals surface area contributed by atoms with E-state index in [9.17, 15) is 4.79 Å². The van der Waals surface area contributed by atoms with Gasteiger partial charge in [-0.25, -0.2) is 0 Å². The van der Waals surface area contributed by atoms with Crippen LogP contribution in [0.5, 0.6) is 5.75 Å². The molecule has 1 unspecified atom stereocenters. The van der Waals surface area contributed by atoms with Gasteiger partial charge < -0.3 is 10.1 Å². The van der Waals surface area contributed by atoms with Gasteiger partial charge in [0.1, 0.15) is 5.75 Å². The summed E-state index contributed by atoms with van der Waals surface area (Å²) in [5, 5.41) is 23.9. The molecule has 1 amide bonds. The molecule has 1 atom stereocenters. The largest absolute Gasteiger partial charge is 0.496 e. The van der Waals surface area contributed by atoms with Crippen molar-refractivity contribution in [1.29, 1.82) is 0 Å². The van der Waals surface area contributed by atoms with Crippen LogP contribution in [-0.2, 0) is 12.8 Å². The number of hydrogen-bond acceptors (Lipinski definition) is 6. The van der Waals surface area contributed by atoms with Crippen molar-refractivity contribution in [2.24, 2.45) is 0 Å². The smallest absolute Gasteiger partial charge is 0.255 e. The summed E-state index contributed by atoms with van der Waals surface area (Å²) in [6.45, 7) is 0. The number of aromatic amines is 2. The Labute approximate surface area is 143 Å². The van der Waals surface area contributed by atoms with E-state index in [4.69, 9.17) is 4.74 Å². The first kappa shape index (κ1) is 15.3. The van der Waals surface area contributed by atoms with Gasteiger partial charge >= 0.3 is 0 Å². The Morgan fingerprint density at radius 2 is 2.32 bits per heavy atom. The van der Waals surface area contributed by atoms with Crippen molar-refractivity contribution in [2.75, 3.05) is 7.11 Å². The number of methoxy groups -OCH3 is 1. The van der Waals surface area contributed by atoms with Crippen molar-refractivity contribution >= 4 is 5.91 Å². The highest BCUT2D eigenvalue weighted by Crippen LogP contribution is 2.26. The van der Waals surface area contributed by atoms with E-state index in [1.807, 2.05) is 6.20 Å². The number of fused-ring (bicyclic) bond motifs is 1. The number of aromatic nitrogens is 6. The number of tetrazole rings is 1. The van der Waals surface area contributed by atoms with Crippen LogP contribution in [0.2, 0.25) is 0 Å². The van der Waals surface area contributed by atoms with E-state index < -0.39 is 0 Å². The summed E-state index contributed by atoms with van der Waals surface area (Å²) < 4.78 is 5.38. The normalized spacial score (nSPS) is 16.3. The Morgan fingerprint density at radius 3 is 3.12 bits per heavy atom. The molecule has 128 valence electrons. The topological polar surface area (TPSA) is 121 Å². The van der Waals surface area contributed by atoms with Gasteiger partial charge in [-0.1, -0.05) is 0 Å². The zero-order chi connectivity index (χ0) is 17.2. The van der Waals surface area contributed by atoms with Crippen LogP contribution in [0.25, 0.3) is 11.4 Å². The molecule has 0 aliphatic heterocycles. The fraction of sp³-hybridized carbons (Fsp3) is 0.312. The molecule has 1 aliphatic carbocycles. The van der Waals surface area contributed by atoms with E-state index in [0.717, 1.165) is 30.5 Å². The highest BCUT2D eigenvalue weighted by molar-refractivity contribution is 5.97. The Bertz CT molecular complexity index is 888. The van der Waals surface area contributed by atoms with Gasteiger partial charge in [0.15, 0.2) is 0 Å². The number of nitrogens with one attached hydrogen (secondary N) is 3. The first-order valence-corrected chi connectivity index (χ1v) is 7.98. The Balaban J connectivity index is 1.52. The summed E-state index contributed by atoms with van der Waals surface area (Å²) in [7, 11) is 1.53. The summed E-state index contributed by atoms with van der Waals surface area (Å²) in [6, 6.07) is 5.29. The number of ether oxygens (including phenoxy) is 1. The Kier molecular flexibility index (Phi) is 3.88. The molecule has 3 N–H and O–H groups in total. The fourth-order valence-electron chi connectivity index (χ4n) is 3.10. The molecule has 25 heavy (non-hydrogen) atoms. The average molecular weight is 339 g/mol. The third-order valence-corrected chi connectivity index (χ3v) is 4.41. The van der Waals surface area contributed by atoms with Gasteiger partial charge in [0.05, 0.1) is 18.9 Å². The number of rotatable bonds is 4. The average Bonchev–Trinajstić information content (AvgIpc) is 3.32. The van der Waals surface area contributed by atoms with E-state index in [1.54, 1.807) is 18.2 Å². The van der Waals surface area contributed by atoms with E-state index >= 15 is 0 Å². The lowest BCUT2D eigenvalue weighted by atomic mass is 9.93. The van der Waals surface area contributed by atoms with E-state index in [1.165, 1.54) is 12.7 Å². The molecule has 9 nitrogen and oxygen atoms in total. The van der Waals surface area contributed by atoms with Gasteiger partial charge in [-0.3, -0.25) is 9.89 Å². The number of nitrogens with zero attached hydrogens (tertiary/aromatic N) is 4. The SMILES string of the molecule is COc1cc(-c2nn[nH]n2)ccc1C(=O)NC1CCc2cn[nH]c2C1. The summed E-state index contributed by atoms with van der Waals surface area (Å²) in [6.07, 6.45) is 4.41. The maximum absolute atomic E-state index is 12.7. The summed E-state index contributed by atoms with van der Waals surface area (Å²) >= 11 is 0. The first-order chi connectivity index (χ1) is 12.2. The van der Waals surface area contributed by atoms with Crippen LogP contribution in [0.4, 0.5) is 0 Å². The standard InChI is InChI=1S/C16H17N7O2/c1-25-14-6-9(15-20-22-23-21-15)3-5-12(14)16(24)18-11-4-2-10-8-17-19-13(10)7-11/h3,5-6,8,11H,2,4,7H2,1H3,(H,17,19)(H,18,24)(H,20,21,22,23). The van der Waals surface area contributed by atoms with Gasteiger partial charge in [-0.05, 0) is 41.8 Å². The molecule has 1 aromatic carbocycles. The molecule has 9 heteroatoms. The molecule has 4 rings (SSSR count). The third kappa shape index (κ3) is 2.95. The molecule has 0 saturated heterocycles. The van der Waals surface area contributed by atoms with Crippen LogP contribution in [0.1, 0.15) is 28.0 Å². The van der Waals surface area contributed by atoms with Gasteiger partial charge in [-0.15, -0.1) is 10.2 Å². The quantitative estimate of drug-likeness (QED) is 0.649. The number of carbonyl (C=O) groups excluding carboxylic acids is 1. The van der Waals surface area contributed by atoms with Crippen molar-refractivity contribution < 1.29 is 9.53 Å². The van der Waals surface area contributed by atoms with Gasteiger partial charge in [-0.2, -0.15) is 10.3 Å². The summed E-state index contributed by atoms with van der Waals surface area (Å²) in [5.41, 5.74) is 3.52. The summed E-state index contributed by atoms with van der Waals surface area (Å²) in [4.78, 5) is 12.7. The lowest BCUT2D eigenvalue weighted by Crippen LogP contribution is -2.38. The molecular formula is C16H17N7O2. The van der Waals surface area contributed by atoms with E-state index in [-0.39, 0.29) is 11.9 Å². The number of hydrogen-bond donors (Lipinski definition) is 3. The van der Waals surface area contributed by atoms with Crippen LogP contribution in [0.3, 0.4) is 0 Å². The molecule has 2 heterocycles.